The summed E-state index contributed by atoms with van der Waals surface area (Å²) < 4.78 is 31.1. The van der Waals surface area contributed by atoms with Crippen LogP contribution in [0.25, 0.3) is 5.65 Å². The van der Waals surface area contributed by atoms with E-state index in [0.29, 0.717) is 11.3 Å². The van der Waals surface area contributed by atoms with Gasteiger partial charge in [-0.2, -0.15) is 5.10 Å². The molecule has 0 atom stereocenters. The first-order chi connectivity index (χ1) is 11.5. The maximum atomic E-state index is 12.5. The summed E-state index contributed by atoms with van der Waals surface area (Å²) in [5.41, 5.74) is 1.74. The van der Waals surface area contributed by atoms with Crippen molar-refractivity contribution in [1.29, 1.82) is 0 Å². The molecular weight excluding hydrogens is 318 g/mol. The van der Waals surface area contributed by atoms with E-state index in [1.165, 1.54) is 16.8 Å². The molecule has 3 rings (SSSR count). The molecule has 2 heterocycles. The maximum Gasteiger partial charge on any atom is 0.272 e. The van der Waals surface area contributed by atoms with Crippen molar-refractivity contribution in [1.82, 2.24) is 14.6 Å². The van der Waals surface area contributed by atoms with E-state index in [-0.39, 0.29) is 11.3 Å². The summed E-state index contributed by atoms with van der Waals surface area (Å²) in [6.07, 6.45) is 0.508. The number of para-hydroxylation sites is 2. The van der Waals surface area contributed by atoms with Gasteiger partial charge >= 0.3 is 0 Å². The van der Waals surface area contributed by atoms with Crippen LogP contribution >= 0.6 is 0 Å². The lowest BCUT2D eigenvalue weighted by molar-refractivity contribution is 0.0822. The van der Waals surface area contributed by atoms with E-state index in [1.807, 2.05) is 6.92 Å². The normalized spacial score (nSPS) is 11.0. The number of nitrogens with zero attached hydrogens (tertiary/aromatic N) is 3. The van der Waals surface area contributed by atoms with E-state index in [1.54, 1.807) is 30.5 Å². The summed E-state index contributed by atoms with van der Waals surface area (Å²) in [4.78, 5) is 16.8. The number of carbonyl (C=O) groups is 1. The van der Waals surface area contributed by atoms with Crippen molar-refractivity contribution in [2.75, 3.05) is 11.9 Å². The number of anilines is 1. The Kier molecular flexibility index (Phi) is 4.37. The number of fused-ring (bicyclic) bond motifs is 1. The largest absolute Gasteiger partial charge is 0.485 e. The zero-order valence-electron chi connectivity index (χ0n) is 12.7. The molecule has 0 aliphatic heterocycles. The molecule has 1 aromatic carbocycles. The van der Waals surface area contributed by atoms with Crippen molar-refractivity contribution in [2.24, 2.45) is 0 Å². The number of alkyl halides is 2. The molecule has 0 fully saturated rings. The van der Waals surface area contributed by atoms with Crippen LogP contribution in [0.5, 0.6) is 5.75 Å². The highest BCUT2D eigenvalue weighted by molar-refractivity contribution is 6.08. The maximum absolute atomic E-state index is 12.5. The van der Waals surface area contributed by atoms with E-state index in [0.717, 1.165) is 5.69 Å². The molecule has 1 N–H and O–H groups in total. The van der Waals surface area contributed by atoms with Crippen LogP contribution in [0.15, 0.2) is 42.7 Å². The lowest BCUT2D eigenvalue weighted by Crippen LogP contribution is -2.14. The SMILES string of the molecule is Cc1ccn2ncc(C(=O)Nc3ccccc3OCC(F)F)c2n1. The Bertz CT molecular complexity index is 879. The molecule has 0 unspecified atom stereocenters. The number of ether oxygens (including phenoxy) is 1. The predicted octanol–water partition coefficient (Wildman–Crippen LogP) is 2.93. The second kappa shape index (κ2) is 6.61. The fourth-order valence-corrected chi connectivity index (χ4v) is 2.16. The Balaban J connectivity index is 1.85. The second-order valence-corrected chi connectivity index (χ2v) is 5.05. The highest BCUT2D eigenvalue weighted by atomic mass is 19.3. The fraction of sp³-hybridized carbons (Fsp3) is 0.188. The lowest BCUT2D eigenvalue weighted by atomic mass is 10.2. The van der Waals surface area contributed by atoms with Crippen molar-refractivity contribution in [2.45, 2.75) is 13.3 Å². The number of hydrogen-bond acceptors (Lipinski definition) is 4. The zero-order chi connectivity index (χ0) is 17.1. The molecule has 0 spiro atoms. The quantitative estimate of drug-likeness (QED) is 0.780. The molecule has 24 heavy (non-hydrogen) atoms. The highest BCUT2D eigenvalue weighted by Gasteiger charge is 2.16. The van der Waals surface area contributed by atoms with Gasteiger partial charge in [-0.05, 0) is 25.1 Å². The fourth-order valence-electron chi connectivity index (χ4n) is 2.16. The van der Waals surface area contributed by atoms with Gasteiger partial charge in [-0.25, -0.2) is 18.3 Å². The number of carbonyl (C=O) groups excluding carboxylic acids is 1. The lowest BCUT2D eigenvalue weighted by Gasteiger charge is -2.11. The Morgan fingerprint density at radius 3 is 2.92 bits per heavy atom. The zero-order valence-corrected chi connectivity index (χ0v) is 12.7. The topological polar surface area (TPSA) is 68.5 Å². The van der Waals surface area contributed by atoms with Crippen LogP contribution in [-0.4, -0.2) is 33.5 Å². The van der Waals surface area contributed by atoms with Gasteiger partial charge < -0.3 is 10.1 Å². The monoisotopic (exact) mass is 332 g/mol. The van der Waals surface area contributed by atoms with Gasteiger partial charge in [0.25, 0.3) is 12.3 Å². The van der Waals surface area contributed by atoms with Gasteiger partial charge in [0.1, 0.15) is 17.9 Å². The molecule has 1 amide bonds. The van der Waals surface area contributed by atoms with E-state index >= 15 is 0 Å². The molecule has 124 valence electrons. The minimum absolute atomic E-state index is 0.173. The summed E-state index contributed by atoms with van der Waals surface area (Å²) in [5, 5.41) is 6.71. The smallest absolute Gasteiger partial charge is 0.272 e. The van der Waals surface area contributed by atoms with E-state index < -0.39 is 18.9 Å². The van der Waals surface area contributed by atoms with Gasteiger partial charge in [0.05, 0.1) is 11.9 Å². The van der Waals surface area contributed by atoms with E-state index in [9.17, 15) is 13.6 Å². The van der Waals surface area contributed by atoms with Gasteiger partial charge in [0.2, 0.25) is 0 Å². The minimum atomic E-state index is -2.60. The van der Waals surface area contributed by atoms with Gasteiger partial charge in [-0.3, -0.25) is 4.79 Å². The molecule has 8 heteroatoms. The molecule has 0 saturated heterocycles. The van der Waals surface area contributed by atoms with Gasteiger partial charge in [0, 0.05) is 11.9 Å². The van der Waals surface area contributed by atoms with Gasteiger partial charge in [-0.15, -0.1) is 0 Å². The van der Waals surface area contributed by atoms with E-state index in [4.69, 9.17) is 4.74 Å². The van der Waals surface area contributed by atoms with Crippen LogP contribution in [-0.2, 0) is 0 Å². The van der Waals surface area contributed by atoms with Crippen LogP contribution in [0.1, 0.15) is 16.1 Å². The molecule has 3 aromatic rings. The van der Waals surface area contributed by atoms with Crippen LogP contribution in [0.2, 0.25) is 0 Å². The summed E-state index contributed by atoms with van der Waals surface area (Å²) in [6.45, 7) is 1.06. The third-order valence-electron chi connectivity index (χ3n) is 3.25. The minimum Gasteiger partial charge on any atom is -0.485 e. The molecule has 6 nitrogen and oxygen atoms in total. The Morgan fingerprint density at radius 2 is 2.12 bits per heavy atom. The van der Waals surface area contributed by atoms with Crippen LogP contribution in [0, 0.1) is 6.92 Å². The molecular formula is C16H14F2N4O2. The molecule has 2 aromatic heterocycles. The summed E-state index contributed by atoms with van der Waals surface area (Å²) in [5.74, 6) is -0.275. The summed E-state index contributed by atoms with van der Waals surface area (Å²) >= 11 is 0. The van der Waals surface area contributed by atoms with Gasteiger partial charge in [0.15, 0.2) is 5.65 Å². The van der Waals surface area contributed by atoms with Crippen LogP contribution in [0.3, 0.4) is 0 Å². The first kappa shape index (κ1) is 15.9. The Labute approximate surface area is 136 Å². The van der Waals surface area contributed by atoms with Crippen LogP contribution in [0.4, 0.5) is 14.5 Å². The average molecular weight is 332 g/mol. The standard InChI is InChI=1S/C16H14F2N4O2/c1-10-6-7-22-15(20-10)11(8-19-22)16(23)21-12-4-2-3-5-13(12)24-9-14(17)18/h2-8,14H,9H2,1H3,(H,21,23). The number of aromatic nitrogens is 3. The third kappa shape index (κ3) is 3.32. The van der Waals surface area contributed by atoms with Crippen LogP contribution < -0.4 is 10.1 Å². The number of aryl methyl sites for hydroxylation is 1. The number of nitrogens with one attached hydrogen (secondary N) is 1. The number of rotatable bonds is 5. The third-order valence-corrected chi connectivity index (χ3v) is 3.25. The number of hydrogen-bond donors (Lipinski definition) is 1. The molecule has 0 bridgehead atoms. The first-order valence-electron chi connectivity index (χ1n) is 7.17. The van der Waals surface area contributed by atoms with Gasteiger partial charge in [-0.1, -0.05) is 12.1 Å². The summed E-state index contributed by atoms with van der Waals surface area (Å²) in [7, 11) is 0. The molecule has 0 aliphatic rings. The molecule has 0 aliphatic carbocycles. The van der Waals surface area contributed by atoms with E-state index in [2.05, 4.69) is 15.4 Å². The predicted molar refractivity (Wildman–Crippen MR) is 83.6 cm³/mol. The highest BCUT2D eigenvalue weighted by Crippen LogP contribution is 2.25. The molecule has 0 radical (unpaired) electrons. The number of halogens is 2. The number of amides is 1. The Morgan fingerprint density at radius 1 is 1.33 bits per heavy atom. The van der Waals surface area contributed by atoms with Crippen molar-refractivity contribution in [3.63, 3.8) is 0 Å². The molecule has 0 saturated carbocycles. The second-order valence-electron chi connectivity index (χ2n) is 5.05. The first-order valence-corrected chi connectivity index (χ1v) is 7.17. The number of benzene rings is 1. The average Bonchev–Trinajstić information content (AvgIpc) is 2.97. The summed E-state index contributed by atoms with van der Waals surface area (Å²) in [6, 6.07) is 8.16. The Hall–Kier alpha value is -3.03. The van der Waals surface area contributed by atoms with Crippen molar-refractivity contribution in [3.8, 4) is 5.75 Å². The van der Waals surface area contributed by atoms with Crippen molar-refractivity contribution >= 4 is 17.2 Å². The van der Waals surface area contributed by atoms with Crippen molar-refractivity contribution < 1.29 is 18.3 Å². The van der Waals surface area contributed by atoms with Crippen molar-refractivity contribution in [3.05, 3.63) is 54.0 Å².